The molecular weight excluding hydrogens is 418 g/mol. The second kappa shape index (κ2) is 8.36. The molecule has 5 rings (SSSR count). The summed E-state index contributed by atoms with van der Waals surface area (Å²) in [5.41, 5.74) is 7.70. The number of anilines is 1. The fraction of sp³-hybridized carbons (Fsp3) is 0.222. The number of hydrogen-bond acceptors (Lipinski definition) is 1. The van der Waals surface area contributed by atoms with E-state index in [4.69, 9.17) is 11.6 Å². The number of carbonyl (C=O) groups is 1. The van der Waals surface area contributed by atoms with Crippen LogP contribution in [0.4, 0.5) is 10.5 Å². The lowest BCUT2D eigenvalue weighted by Gasteiger charge is -2.36. The highest BCUT2D eigenvalue weighted by molar-refractivity contribution is 6.31. The van der Waals surface area contributed by atoms with Gasteiger partial charge in [0.15, 0.2) is 0 Å². The molecule has 2 amide bonds. The van der Waals surface area contributed by atoms with E-state index in [0.717, 1.165) is 45.7 Å². The van der Waals surface area contributed by atoms with Gasteiger partial charge in [-0.25, -0.2) is 4.79 Å². The summed E-state index contributed by atoms with van der Waals surface area (Å²) >= 11 is 6.29. The SMILES string of the molecule is CCc1ccc(NC(=O)N2CCc3c([nH]c4ccc(Cl)cc34)C2c2ccc(C)cc2)cc1. The zero-order valence-electron chi connectivity index (χ0n) is 18.3. The summed E-state index contributed by atoms with van der Waals surface area (Å²) in [6, 6.07) is 22.1. The molecule has 1 unspecified atom stereocenters. The summed E-state index contributed by atoms with van der Waals surface area (Å²) in [4.78, 5) is 18.9. The van der Waals surface area contributed by atoms with Crippen LogP contribution in [0.1, 0.15) is 40.9 Å². The van der Waals surface area contributed by atoms with Crippen molar-refractivity contribution in [2.75, 3.05) is 11.9 Å². The van der Waals surface area contributed by atoms with Crippen LogP contribution >= 0.6 is 11.6 Å². The van der Waals surface area contributed by atoms with Gasteiger partial charge < -0.3 is 15.2 Å². The van der Waals surface area contributed by atoms with Crippen LogP contribution in [0.2, 0.25) is 5.02 Å². The Morgan fingerprint density at radius 3 is 2.56 bits per heavy atom. The van der Waals surface area contributed by atoms with E-state index in [1.165, 1.54) is 16.7 Å². The van der Waals surface area contributed by atoms with Crippen molar-refractivity contribution in [2.24, 2.45) is 0 Å². The Morgan fingerprint density at radius 1 is 1.09 bits per heavy atom. The van der Waals surface area contributed by atoms with Crippen LogP contribution in [-0.4, -0.2) is 22.5 Å². The summed E-state index contributed by atoms with van der Waals surface area (Å²) in [5.74, 6) is 0. The van der Waals surface area contributed by atoms with Gasteiger partial charge in [-0.2, -0.15) is 0 Å². The lowest BCUT2D eigenvalue weighted by Crippen LogP contribution is -2.43. The van der Waals surface area contributed by atoms with Crippen LogP contribution < -0.4 is 5.32 Å². The number of nitrogens with one attached hydrogen (secondary N) is 2. The van der Waals surface area contributed by atoms with Gasteiger partial charge in [0, 0.05) is 33.9 Å². The average Bonchev–Trinajstić information content (AvgIpc) is 3.17. The lowest BCUT2D eigenvalue weighted by molar-refractivity contribution is 0.193. The number of amides is 2. The van der Waals surface area contributed by atoms with Crippen molar-refractivity contribution in [3.8, 4) is 0 Å². The third kappa shape index (κ3) is 3.76. The first-order valence-corrected chi connectivity index (χ1v) is 11.4. The van der Waals surface area contributed by atoms with E-state index < -0.39 is 0 Å². The van der Waals surface area contributed by atoms with E-state index in [2.05, 4.69) is 60.5 Å². The highest BCUT2D eigenvalue weighted by Gasteiger charge is 2.34. The molecule has 1 aromatic heterocycles. The van der Waals surface area contributed by atoms with E-state index in [1.807, 2.05) is 35.2 Å². The van der Waals surface area contributed by atoms with Gasteiger partial charge in [-0.15, -0.1) is 0 Å². The number of H-pyrrole nitrogens is 1. The number of fused-ring (bicyclic) bond motifs is 3. The van der Waals surface area contributed by atoms with Gasteiger partial charge in [-0.05, 0) is 66.8 Å². The molecular formula is C27H26ClN3O. The minimum atomic E-state index is -0.194. The highest BCUT2D eigenvalue weighted by atomic mass is 35.5. The Hall–Kier alpha value is -3.24. The van der Waals surface area contributed by atoms with Crippen LogP contribution in [0.25, 0.3) is 10.9 Å². The van der Waals surface area contributed by atoms with Crippen molar-refractivity contribution in [3.05, 3.63) is 99.7 Å². The molecule has 4 aromatic rings. The Bertz CT molecular complexity index is 1280. The Kier molecular flexibility index (Phi) is 5.40. The van der Waals surface area contributed by atoms with Gasteiger partial charge >= 0.3 is 6.03 Å². The summed E-state index contributed by atoms with van der Waals surface area (Å²) in [6.45, 7) is 4.83. The molecule has 0 aliphatic carbocycles. The zero-order chi connectivity index (χ0) is 22.2. The molecule has 0 spiro atoms. The van der Waals surface area contributed by atoms with Crippen molar-refractivity contribution in [1.82, 2.24) is 9.88 Å². The number of carbonyl (C=O) groups excluding carboxylic acids is 1. The van der Waals surface area contributed by atoms with Crippen molar-refractivity contribution >= 4 is 34.2 Å². The minimum Gasteiger partial charge on any atom is -0.356 e. The van der Waals surface area contributed by atoms with Crippen LogP contribution in [0.5, 0.6) is 0 Å². The first-order valence-electron chi connectivity index (χ1n) is 11.1. The number of benzene rings is 3. The van der Waals surface area contributed by atoms with Crippen LogP contribution in [0.15, 0.2) is 66.7 Å². The smallest absolute Gasteiger partial charge is 0.322 e. The molecule has 1 aliphatic heterocycles. The maximum Gasteiger partial charge on any atom is 0.322 e. The number of nitrogens with zero attached hydrogens (tertiary/aromatic N) is 1. The molecule has 0 bridgehead atoms. The molecule has 1 atom stereocenters. The van der Waals surface area contributed by atoms with E-state index >= 15 is 0 Å². The van der Waals surface area contributed by atoms with Crippen molar-refractivity contribution < 1.29 is 4.79 Å². The largest absolute Gasteiger partial charge is 0.356 e. The minimum absolute atomic E-state index is 0.0952. The summed E-state index contributed by atoms with van der Waals surface area (Å²) in [7, 11) is 0. The standard InChI is InChI=1S/C27H26ClN3O/c1-3-18-6-11-21(12-7-18)29-27(32)31-15-14-22-23-16-20(28)10-13-24(23)30-25(22)26(31)19-8-4-17(2)5-9-19/h4-13,16,26,30H,3,14-15H2,1-2H3,(H,29,32). The molecule has 0 radical (unpaired) electrons. The van der Waals surface area contributed by atoms with Gasteiger partial charge in [-0.3, -0.25) is 0 Å². The first-order chi connectivity index (χ1) is 15.5. The number of aromatic nitrogens is 1. The summed E-state index contributed by atoms with van der Waals surface area (Å²) in [6.07, 6.45) is 1.75. The molecule has 162 valence electrons. The summed E-state index contributed by atoms with van der Waals surface area (Å²) in [5, 5.41) is 4.96. The number of halogens is 1. The lowest BCUT2D eigenvalue weighted by atomic mass is 9.92. The monoisotopic (exact) mass is 443 g/mol. The van der Waals surface area contributed by atoms with Crippen molar-refractivity contribution in [1.29, 1.82) is 0 Å². The molecule has 3 aromatic carbocycles. The number of aromatic amines is 1. The van der Waals surface area contributed by atoms with Crippen LogP contribution in [0, 0.1) is 6.92 Å². The van der Waals surface area contributed by atoms with Gasteiger partial charge in [-0.1, -0.05) is 60.5 Å². The number of hydrogen-bond donors (Lipinski definition) is 2. The fourth-order valence-electron chi connectivity index (χ4n) is 4.59. The Morgan fingerprint density at radius 2 is 1.84 bits per heavy atom. The molecule has 2 heterocycles. The fourth-order valence-corrected chi connectivity index (χ4v) is 4.77. The van der Waals surface area contributed by atoms with Crippen molar-refractivity contribution in [2.45, 2.75) is 32.7 Å². The van der Waals surface area contributed by atoms with E-state index in [9.17, 15) is 4.79 Å². The third-order valence-corrected chi connectivity index (χ3v) is 6.59. The topological polar surface area (TPSA) is 48.1 Å². The molecule has 1 aliphatic rings. The molecule has 32 heavy (non-hydrogen) atoms. The van der Waals surface area contributed by atoms with E-state index in [1.54, 1.807) is 0 Å². The highest BCUT2D eigenvalue weighted by Crippen LogP contribution is 2.39. The van der Waals surface area contributed by atoms with Crippen LogP contribution in [-0.2, 0) is 12.8 Å². The molecule has 2 N–H and O–H groups in total. The predicted molar refractivity (Wildman–Crippen MR) is 132 cm³/mol. The van der Waals surface area contributed by atoms with Gasteiger partial charge in [0.1, 0.15) is 0 Å². The van der Waals surface area contributed by atoms with Gasteiger partial charge in [0.25, 0.3) is 0 Å². The number of aryl methyl sites for hydroxylation is 2. The first kappa shape index (κ1) is 20.7. The second-order valence-electron chi connectivity index (χ2n) is 8.44. The van der Waals surface area contributed by atoms with Gasteiger partial charge in [0.05, 0.1) is 6.04 Å². The quantitative estimate of drug-likeness (QED) is 0.356. The molecule has 5 heteroatoms. The van der Waals surface area contributed by atoms with E-state index in [0.29, 0.717) is 6.54 Å². The normalized spacial score (nSPS) is 15.6. The van der Waals surface area contributed by atoms with Crippen LogP contribution in [0.3, 0.4) is 0 Å². The molecule has 4 nitrogen and oxygen atoms in total. The van der Waals surface area contributed by atoms with Crippen molar-refractivity contribution in [3.63, 3.8) is 0 Å². The third-order valence-electron chi connectivity index (χ3n) is 6.36. The predicted octanol–water partition coefficient (Wildman–Crippen LogP) is 6.87. The second-order valence-corrected chi connectivity index (χ2v) is 8.88. The Balaban J connectivity index is 1.55. The molecule has 0 saturated carbocycles. The number of urea groups is 1. The maximum absolute atomic E-state index is 13.4. The van der Waals surface area contributed by atoms with E-state index in [-0.39, 0.29) is 12.1 Å². The molecule has 0 fully saturated rings. The molecule has 0 saturated heterocycles. The maximum atomic E-state index is 13.4. The zero-order valence-corrected chi connectivity index (χ0v) is 19.0. The Labute approximate surface area is 193 Å². The van der Waals surface area contributed by atoms with Gasteiger partial charge in [0.2, 0.25) is 0 Å². The average molecular weight is 444 g/mol. The number of rotatable bonds is 3. The summed E-state index contributed by atoms with van der Waals surface area (Å²) < 4.78 is 0.